The van der Waals surface area contributed by atoms with Gasteiger partial charge in [-0.2, -0.15) is 0 Å². The zero-order valence-corrected chi connectivity index (χ0v) is 9.52. The number of piperidine rings is 1. The van der Waals surface area contributed by atoms with E-state index in [-0.39, 0.29) is 0 Å². The predicted octanol–water partition coefficient (Wildman–Crippen LogP) is 2.10. The molecule has 0 aliphatic carbocycles. The zero-order valence-electron chi connectivity index (χ0n) is 8.70. The average molecular weight is 200 g/mol. The molecule has 0 amide bonds. The maximum Gasteiger partial charge on any atom is 0.0822 e. The molecule has 13 heavy (non-hydrogen) atoms. The lowest BCUT2D eigenvalue weighted by Gasteiger charge is -2.40. The van der Waals surface area contributed by atoms with E-state index < -0.39 is 0 Å². The van der Waals surface area contributed by atoms with E-state index in [1.54, 1.807) is 0 Å². The summed E-state index contributed by atoms with van der Waals surface area (Å²) in [6.07, 6.45) is 4.49. The Morgan fingerprint density at radius 1 is 1.38 bits per heavy atom. The second-order valence-corrected chi connectivity index (χ2v) is 3.75. The van der Waals surface area contributed by atoms with Crippen molar-refractivity contribution in [1.29, 1.82) is 0 Å². The molecule has 1 atom stereocenters. The van der Waals surface area contributed by atoms with Gasteiger partial charge in [-0.25, -0.2) is 0 Å². The first-order valence-corrected chi connectivity index (χ1v) is 5.75. The number of thiocarbonyl (C=S) groups is 1. The highest BCUT2D eigenvalue weighted by Gasteiger charge is 2.23. The molecule has 0 bridgehead atoms. The lowest BCUT2D eigenvalue weighted by molar-refractivity contribution is 0.0751. The van der Waals surface area contributed by atoms with Crippen molar-refractivity contribution in [3.8, 4) is 0 Å². The molecule has 1 heterocycles. The van der Waals surface area contributed by atoms with Crippen LogP contribution in [0.15, 0.2) is 0 Å². The van der Waals surface area contributed by atoms with Gasteiger partial charge in [-0.05, 0) is 32.4 Å². The molecule has 2 nitrogen and oxygen atoms in total. The normalized spacial score (nSPS) is 23.6. The van der Waals surface area contributed by atoms with Crippen LogP contribution in [-0.4, -0.2) is 41.1 Å². The zero-order chi connectivity index (χ0) is 9.68. The van der Waals surface area contributed by atoms with Gasteiger partial charge in [-0.15, -0.1) is 0 Å². The minimum Gasteiger partial charge on any atom is -0.353 e. The van der Waals surface area contributed by atoms with Gasteiger partial charge in [0.1, 0.15) is 0 Å². The first-order chi connectivity index (χ1) is 6.33. The third kappa shape index (κ3) is 2.64. The Bertz CT molecular complexity index is 157. The van der Waals surface area contributed by atoms with Crippen molar-refractivity contribution in [2.24, 2.45) is 0 Å². The largest absolute Gasteiger partial charge is 0.353 e. The third-order valence-corrected chi connectivity index (χ3v) is 3.15. The Morgan fingerprint density at radius 3 is 2.62 bits per heavy atom. The van der Waals surface area contributed by atoms with Crippen molar-refractivity contribution < 1.29 is 0 Å². The van der Waals surface area contributed by atoms with Gasteiger partial charge in [0.05, 0.1) is 11.7 Å². The van der Waals surface area contributed by atoms with E-state index in [0.717, 1.165) is 19.6 Å². The smallest absolute Gasteiger partial charge is 0.0822 e. The SMILES string of the molecule is CCN(CC)C1CCCCN1C=S. The van der Waals surface area contributed by atoms with Crippen LogP contribution in [0.2, 0.25) is 0 Å². The maximum atomic E-state index is 5.04. The van der Waals surface area contributed by atoms with Crippen molar-refractivity contribution in [3.63, 3.8) is 0 Å². The molecule has 1 fully saturated rings. The van der Waals surface area contributed by atoms with E-state index in [0.29, 0.717) is 6.17 Å². The van der Waals surface area contributed by atoms with Gasteiger partial charge in [0, 0.05) is 6.54 Å². The fourth-order valence-electron chi connectivity index (χ4n) is 2.10. The fraction of sp³-hybridized carbons (Fsp3) is 0.900. The Labute approximate surface area is 86.9 Å². The molecule has 0 aromatic heterocycles. The lowest BCUT2D eigenvalue weighted by Crippen LogP contribution is -2.49. The quantitative estimate of drug-likeness (QED) is 0.642. The van der Waals surface area contributed by atoms with E-state index in [4.69, 9.17) is 12.2 Å². The molecule has 0 N–H and O–H groups in total. The monoisotopic (exact) mass is 200 g/mol. The molecule has 1 aliphatic rings. The van der Waals surface area contributed by atoms with Gasteiger partial charge in [-0.1, -0.05) is 26.1 Å². The number of hydrogen-bond donors (Lipinski definition) is 0. The van der Waals surface area contributed by atoms with Crippen molar-refractivity contribution in [2.75, 3.05) is 19.6 Å². The molecular formula is C10H20N2S. The number of rotatable bonds is 4. The number of nitrogens with zero attached hydrogens (tertiary/aromatic N) is 2. The summed E-state index contributed by atoms with van der Waals surface area (Å²) in [5, 5.41) is 0. The van der Waals surface area contributed by atoms with Gasteiger partial charge in [-0.3, -0.25) is 4.90 Å². The van der Waals surface area contributed by atoms with Crippen LogP contribution in [0.4, 0.5) is 0 Å². The summed E-state index contributed by atoms with van der Waals surface area (Å²) < 4.78 is 0. The number of likely N-dealkylation sites (tertiary alicyclic amines) is 1. The standard InChI is InChI=1S/C10H20N2S/c1-3-11(4-2)10-7-5-6-8-12(10)9-13/h9-10H,3-8H2,1-2H3. The third-order valence-electron chi connectivity index (χ3n) is 2.88. The molecular weight excluding hydrogens is 180 g/mol. The molecule has 3 heteroatoms. The molecule has 0 saturated carbocycles. The molecule has 0 spiro atoms. The first-order valence-electron chi connectivity index (χ1n) is 5.28. The van der Waals surface area contributed by atoms with Gasteiger partial charge < -0.3 is 4.90 Å². The van der Waals surface area contributed by atoms with Crippen LogP contribution >= 0.6 is 12.2 Å². The first kappa shape index (κ1) is 10.9. The molecule has 1 unspecified atom stereocenters. The maximum absolute atomic E-state index is 5.04. The Balaban J connectivity index is 2.56. The van der Waals surface area contributed by atoms with E-state index in [9.17, 15) is 0 Å². The summed E-state index contributed by atoms with van der Waals surface area (Å²) in [4.78, 5) is 4.80. The minimum atomic E-state index is 0.571. The van der Waals surface area contributed by atoms with Crippen LogP contribution in [0.1, 0.15) is 33.1 Å². The second-order valence-electron chi connectivity index (χ2n) is 3.54. The Hall–Kier alpha value is -0.150. The molecule has 1 rings (SSSR count). The van der Waals surface area contributed by atoms with Gasteiger partial charge in [0.15, 0.2) is 0 Å². The van der Waals surface area contributed by atoms with E-state index in [2.05, 4.69) is 23.6 Å². The highest BCUT2D eigenvalue weighted by molar-refractivity contribution is 7.78. The van der Waals surface area contributed by atoms with E-state index >= 15 is 0 Å². The molecule has 0 aromatic carbocycles. The van der Waals surface area contributed by atoms with Crippen LogP contribution < -0.4 is 0 Å². The lowest BCUT2D eigenvalue weighted by atomic mass is 10.1. The van der Waals surface area contributed by atoms with Gasteiger partial charge in [0.25, 0.3) is 0 Å². The molecule has 0 aromatic rings. The fourth-order valence-corrected chi connectivity index (χ4v) is 2.34. The van der Waals surface area contributed by atoms with Gasteiger partial charge in [0.2, 0.25) is 0 Å². The number of hydrogen-bond acceptors (Lipinski definition) is 2. The van der Waals surface area contributed by atoms with Crippen molar-refractivity contribution in [1.82, 2.24) is 9.80 Å². The van der Waals surface area contributed by atoms with Crippen LogP contribution in [0.5, 0.6) is 0 Å². The van der Waals surface area contributed by atoms with Crippen LogP contribution in [0.3, 0.4) is 0 Å². The van der Waals surface area contributed by atoms with Crippen LogP contribution in [0.25, 0.3) is 0 Å². The van der Waals surface area contributed by atoms with E-state index in [1.165, 1.54) is 19.3 Å². The van der Waals surface area contributed by atoms with Crippen LogP contribution in [0, 0.1) is 0 Å². The summed E-state index contributed by atoms with van der Waals surface area (Å²) in [5.74, 6) is 0. The molecule has 76 valence electrons. The van der Waals surface area contributed by atoms with Crippen molar-refractivity contribution in [2.45, 2.75) is 39.3 Å². The minimum absolute atomic E-state index is 0.571. The predicted molar refractivity (Wildman–Crippen MR) is 60.9 cm³/mol. The molecule has 1 saturated heterocycles. The van der Waals surface area contributed by atoms with Crippen LogP contribution in [-0.2, 0) is 0 Å². The van der Waals surface area contributed by atoms with E-state index in [1.807, 2.05) is 5.49 Å². The summed E-state index contributed by atoms with van der Waals surface area (Å²) in [6.45, 7) is 7.84. The average Bonchev–Trinajstić information content (AvgIpc) is 2.20. The second kappa shape index (κ2) is 5.55. The van der Waals surface area contributed by atoms with Gasteiger partial charge >= 0.3 is 0 Å². The van der Waals surface area contributed by atoms with Crippen molar-refractivity contribution in [3.05, 3.63) is 0 Å². The summed E-state index contributed by atoms with van der Waals surface area (Å²) in [6, 6.07) is 0. The highest BCUT2D eigenvalue weighted by atomic mass is 32.1. The highest BCUT2D eigenvalue weighted by Crippen LogP contribution is 2.18. The molecule has 1 aliphatic heterocycles. The Kier molecular flexibility index (Phi) is 4.67. The molecule has 0 radical (unpaired) electrons. The summed E-state index contributed by atoms with van der Waals surface area (Å²) in [5.41, 5.74) is 1.84. The Morgan fingerprint density at radius 2 is 2.08 bits per heavy atom. The summed E-state index contributed by atoms with van der Waals surface area (Å²) in [7, 11) is 0. The topological polar surface area (TPSA) is 6.48 Å². The van der Waals surface area contributed by atoms with Crippen molar-refractivity contribution >= 4 is 17.7 Å². The summed E-state index contributed by atoms with van der Waals surface area (Å²) >= 11 is 5.04.